The fourth-order valence-corrected chi connectivity index (χ4v) is 6.86. The number of ether oxygens (including phenoxy) is 1. The molecule has 0 radical (unpaired) electrons. The lowest BCUT2D eigenvalue weighted by Crippen LogP contribution is -2.54. The Labute approximate surface area is 233 Å². The van der Waals surface area contributed by atoms with E-state index >= 15 is 0 Å². The Bertz CT molecular complexity index is 1640. The molecule has 0 aliphatic carbocycles. The molecule has 10 heteroatoms. The van der Waals surface area contributed by atoms with Crippen molar-refractivity contribution in [3.05, 3.63) is 94.0 Å². The number of nitrogens with zero attached hydrogens (tertiary/aromatic N) is 4. The number of halogens is 1. The quantitative estimate of drug-likeness (QED) is 0.316. The number of hydrogen-bond acceptors (Lipinski definition) is 6. The van der Waals surface area contributed by atoms with E-state index in [4.69, 9.17) is 21.3 Å². The van der Waals surface area contributed by atoms with E-state index in [0.717, 1.165) is 5.75 Å². The molecule has 204 valence electrons. The van der Waals surface area contributed by atoms with Crippen LogP contribution in [0.25, 0.3) is 16.6 Å². The second kappa shape index (κ2) is 11.1. The van der Waals surface area contributed by atoms with Crippen molar-refractivity contribution in [2.24, 2.45) is 0 Å². The smallest absolute Gasteiger partial charge is 0.266 e. The van der Waals surface area contributed by atoms with Gasteiger partial charge in [-0.25, -0.2) is 13.4 Å². The molecule has 8 nitrogen and oxygen atoms in total. The summed E-state index contributed by atoms with van der Waals surface area (Å²) in [5.74, 6) is 1.33. The lowest BCUT2D eigenvalue weighted by molar-refractivity contribution is 0.104. The average molecular weight is 567 g/mol. The highest BCUT2D eigenvalue weighted by Gasteiger charge is 2.36. The van der Waals surface area contributed by atoms with Crippen LogP contribution in [0.4, 0.5) is 0 Å². The van der Waals surface area contributed by atoms with Crippen LogP contribution >= 0.6 is 11.6 Å². The molecule has 1 aliphatic rings. The van der Waals surface area contributed by atoms with Crippen molar-refractivity contribution in [2.45, 2.75) is 37.8 Å². The van der Waals surface area contributed by atoms with Crippen LogP contribution in [-0.2, 0) is 10.0 Å². The summed E-state index contributed by atoms with van der Waals surface area (Å²) in [7, 11) is -3.67. The molecule has 2 heterocycles. The summed E-state index contributed by atoms with van der Waals surface area (Å²) in [6.07, 6.45) is 0. The van der Waals surface area contributed by atoms with Crippen molar-refractivity contribution in [1.29, 1.82) is 0 Å². The SMILES string of the molecule is CCOc1ccc(-n2c(C(C)N3CCN(S(=O)(=O)c4ccc(Cl)cc4)C(C)C3)nc3ccccc3c2=O)cc1. The Hall–Kier alpha value is -3.24. The van der Waals surface area contributed by atoms with Crippen LogP contribution in [-0.4, -0.2) is 59.5 Å². The van der Waals surface area contributed by atoms with Crippen LogP contribution in [0.15, 0.2) is 82.5 Å². The number of hydrogen-bond donors (Lipinski definition) is 0. The molecular weight excluding hydrogens is 536 g/mol. The van der Waals surface area contributed by atoms with Gasteiger partial charge >= 0.3 is 0 Å². The second-order valence-electron chi connectivity index (χ2n) is 9.64. The number of aromatic nitrogens is 2. The van der Waals surface area contributed by atoms with Gasteiger partial charge in [0.1, 0.15) is 11.6 Å². The molecule has 2 atom stereocenters. The Morgan fingerprint density at radius 1 is 1.03 bits per heavy atom. The third kappa shape index (κ3) is 5.32. The highest BCUT2D eigenvalue weighted by atomic mass is 35.5. The van der Waals surface area contributed by atoms with E-state index in [-0.39, 0.29) is 22.5 Å². The van der Waals surface area contributed by atoms with Crippen molar-refractivity contribution in [1.82, 2.24) is 18.8 Å². The number of benzene rings is 3. The summed E-state index contributed by atoms with van der Waals surface area (Å²) >= 11 is 5.96. The number of rotatable bonds is 7. The van der Waals surface area contributed by atoms with E-state index in [9.17, 15) is 13.2 Å². The molecule has 5 rings (SSSR count). The van der Waals surface area contributed by atoms with Gasteiger partial charge in [0.2, 0.25) is 10.0 Å². The van der Waals surface area contributed by atoms with Gasteiger partial charge in [-0.05, 0) is 81.4 Å². The molecule has 0 N–H and O–H groups in total. The predicted octanol–water partition coefficient (Wildman–Crippen LogP) is 4.89. The normalized spacial score (nSPS) is 17.8. The molecule has 1 aliphatic heterocycles. The van der Waals surface area contributed by atoms with Crippen molar-refractivity contribution < 1.29 is 13.2 Å². The van der Waals surface area contributed by atoms with Gasteiger partial charge in [-0.15, -0.1) is 0 Å². The summed E-state index contributed by atoms with van der Waals surface area (Å²) in [6, 6.07) is 20.4. The molecule has 3 aromatic carbocycles. The summed E-state index contributed by atoms with van der Waals surface area (Å²) in [5, 5.41) is 1.02. The van der Waals surface area contributed by atoms with Crippen LogP contribution in [0.1, 0.15) is 32.6 Å². The zero-order valence-electron chi connectivity index (χ0n) is 22.1. The van der Waals surface area contributed by atoms with Gasteiger partial charge in [-0.3, -0.25) is 14.3 Å². The first-order chi connectivity index (χ1) is 18.7. The van der Waals surface area contributed by atoms with Gasteiger partial charge in [0.15, 0.2) is 0 Å². The van der Waals surface area contributed by atoms with Crippen LogP contribution in [0.2, 0.25) is 5.02 Å². The lowest BCUT2D eigenvalue weighted by atomic mass is 10.1. The standard InChI is InChI=1S/C29H31ClN4O4S/c1-4-38-24-13-11-23(12-14-24)34-28(31-27-8-6-5-7-26(27)29(34)35)21(3)32-17-18-33(20(2)19-32)39(36,37)25-15-9-22(30)10-16-25/h5-16,20-21H,4,17-19H2,1-3H3. The van der Waals surface area contributed by atoms with E-state index in [1.54, 1.807) is 22.8 Å². The molecule has 0 spiro atoms. The maximum absolute atomic E-state index is 13.8. The van der Waals surface area contributed by atoms with E-state index in [2.05, 4.69) is 4.90 Å². The number of fused-ring (bicyclic) bond motifs is 1. The first-order valence-corrected chi connectivity index (χ1v) is 14.8. The molecular formula is C29H31ClN4O4S. The Morgan fingerprint density at radius 3 is 2.38 bits per heavy atom. The van der Waals surface area contributed by atoms with E-state index in [1.807, 2.05) is 63.2 Å². The van der Waals surface area contributed by atoms with Gasteiger partial charge in [0.05, 0.1) is 34.1 Å². The van der Waals surface area contributed by atoms with E-state index in [1.165, 1.54) is 16.4 Å². The third-order valence-corrected chi connectivity index (χ3v) is 9.43. The van der Waals surface area contributed by atoms with Gasteiger partial charge in [-0.1, -0.05) is 23.7 Å². The second-order valence-corrected chi connectivity index (χ2v) is 12.0. The fraction of sp³-hybridized carbons (Fsp3) is 0.310. The monoisotopic (exact) mass is 566 g/mol. The summed E-state index contributed by atoms with van der Waals surface area (Å²) < 4.78 is 35.5. The van der Waals surface area contributed by atoms with E-state index in [0.29, 0.717) is 53.7 Å². The number of sulfonamides is 1. The van der Waals surface area contributed by atoms with Gasteiger partial charge in [-0.2, -0.15) is 4.31 Å². The molecule has 2 unspecified atom stereocenters. The zero-order chi connectivity index (χ0) is 27.7. The highest BCUT2D eigenvalue weighted by molar-refractivity contribution is 7.89. The molecule has 0 amide bonds. The Balaban J connectivity index is 1.48. The van der Waals surface area contributed by atoms with Crippen molar-refractivity contribution in [2.75, 3.05) is 26.2 Å². The minimum absolute atomic E-state index is 0.149. The Morgan fingerprint density at radius 2 is 1.72 bits per heavy atom. The van der Waals surface area contributed by atoms with Crippen LogP contribution in [0.5, 0.6) is 5.75 Å². The number of para-hydroxylation sites is 1. The van der Waals surface area contributed by atoms with Crippen molar-refractivity contribution in [3.63, 3.8) is 0 Å². The predicted molar refractivity (Wildman–Crippen MR) is 153 cm³/mol. The van der Waals surface area contributed by atoms with Crippen molar-refractivity contribution in [3.8, 4) is 11.4 Å². The molecule has 4 aromatic rings. The summed E-state index contributed by atoms with van der Waals surface area (Å²) in [5.41, 5.74) is 1.17. The largest absolute Gasteiger partial charge is 0.494 e. The first-order valence-electron chi connectivity index (χ1n) is 13.0. The molecule has 1 fully saturated rings. The number of piperazine rings is 1. The maximum atomic E-state index is 13.8. The van der Waals surface area contributed by atoms with Crippen molar-refractivity contribution >= 4 is 32.5 Å². The lowest BCUT2D eigenvalue weighted by Gasteiger charge is -2.41. The highest BCUT2D eigenvalue weighted by Crippen LogP contribution is 2.29. The molecule has 0 bridgehead atoms. The first kappa shape index (κ1) is 27.3. The van der Waals surface area contributed by atoms with E-state index < -0.39 is 10.0 Å². The molecule has 1 aromatic heterocycles. The average Bonchev–Trinajstić information content (AvgIpc) is 2.93. The van der Waals surface area contributed by atoms with Crippen LogP contribution in [0.3, 0.4) is 0 Å². The fourth-order valence-electron chi connectivity index (χ4n) is 5.12. The van der Waals surface area contributed by atoms with Gasteiger partial charge in [0.25, 0.3) is 5.56 Å². The molecule has 0 saturated carbocycles. The summed E-state index contributed by atoms with van der Waals surface area (Å²) in [6.45, 7) is 7.68. The van der Waals surface area contributed by atoms with Crippen LogP contribution in [0, 0.1) is 0 Å². The minimum atomic E-state index is -3.67. The third-order valence-electron chi connectivity index (χ3n) is 7.15. The minimum Gasteiger partial charge on any atom is -0.494 e. The maximum Gasteiger partial charge on any atom is 0.266 e. The Kier molecular flexibility index (Phi) is 7.77. The van der Waals surface area contributed by atoms with Gasteiger partial charge in [0, 0.05) is 30.7 Å². The molecule has 39 heavy (non-hydrogen) atoms. The zero-order valence-corrected chi connectivity index (χ0v) is 23.7. The topological polar surface area (TPSA) is 84.7 Å². The van der Waals surface area contributed by atoms with Gasteiger partial charge < -0.3 is 4.74 Å². The molecule has 1 saturated heterocycles. The van der Waals surface area contributed by atoms with Crippen LogP contribution < -0.4 is 10.3 Å². The summed E-state index contributed by atoms with van der Waals surface area (Å²) in [4.78, 5) is 21.1.